The lowest BCUT2D eigenvalue weighted by atomic mass is 10.0. The molecule has 0 amide bonds. The Bertz CT molecular complexity index is 623. The fourth-order valence-corrected chi connectivity index (χ4v) is 2.55. The molecule has 2 aromatic carbocycles. The molecule has 2 aromatic rings. The van der Waals surface area contributed by atoms with Crippen molar-refractivity contribution >= 4 is 11.6 Å². The molecule has 112 valence electrons. The Morgan fingerprint density at radius 2 is 1.90 bits per heavy atom. The molecule has 2 rings (SSSR count). The lowest BCUT2D eigenvalue weighted by Crippen LogP contribution is -2.03. The van der Waals surface area contributed by atoms with Crippen LogP contribution in [0, 0.1) is 6.92 Å². The van der Waals surface area contributed by atoms with Crippen molar-refractivity contribution in [2.45, 2.75) is 33.1 Å². The number of hydrogen-bond donors (Lipinski definition) is 1. The molecule has 2 N–H and O–H groups in total. The molecular weight excluding hydrogens is 282 g/mol. The standard InChI is InChI=1S/C18H22ClNO/c1-12(2)16-7-4-13(3)10-18(16)21-15-6-5-14(8-9-20)17(19)11-15/h4-7,10-12H,8-9,20H2,1-3H3. The maximum absolute atomic E-state index is 6.27. The van der Waals surface area contributed by atoms with Crippen molar-refractivity contribution in [2.75, 3.05) is 6.54 Å². The summed E-state index contributed by atoms with van der Waals surface area (Å²) in [6.45, 7) is 6.98. The Labute approximate surface area is 131 Å². The molecule has 2 nitrogen and oxygen atoms in total. The number of halogens is 1. The van der Waals surface area contributed by atoms with Crippen molar-refractivity contribution in [1.29, 1.82) is 0 Å². The second-order valence-electron chi connectivity index (χ2n) is 5.59. The van der Waals surface area contributed by atoms with E-state index in [4.69, 9.17) is 22.1 Å². The van der Waals surface area contributed by atoms with E-state index >= 15 is 0 Å². The molecule has 0 bridgehead atoms. The average Bonchev–Trinajstić information content (AvgIpc) is 2.42. The van der Waals surface area contributed by atoms with Crippen molar-refractivity contribution in [2.24, 2.45) is 5.73 Å². The summed E-state index contributed by atoms with van der Waals surface area (Å²) in [4.78, 5) is 0. The van der Waals surface area contributed by atoms with Crippen LogP contribution in [0.25, 0.3) is 0 Å². The fourth-order valence-electron chi connectivity index (χ4n) is 2.28. The van der Waals surface area contributed by atoms with Gasteiger partial charge in [-0.3, -0.25) is 0 Å². The summed E-state index contributed by atoms with van der Waals surface area (Å²) in [5.41, 5.74) is 9.00. The molecule has 0 aliphatic heterocycles. The first kappa shape index (κ1) is 15.9. The van der Waals surface area contributed by atoms with E-state index in [0.717, 1.165) is 23.5 Å². The minimum absolute atomic E-state index is 0.410. The Kier molecular flexibility index (Phi) is 5.27. The van der Waals surface area contributed by atoms with Gasteiger partial charge in [-0.25, -0.2) is 0 Å². The van der Waals surface area contributed by atoms with Crippen LogP contribution in [0.2, 0.25) is 5.02 Å². The van der Waals surface area contributed by atoms with Crippen molar-refractivity contribution in [3.8, 4) is 11.5 Å². The van der Waals surface area contributed by atoms with E-state index in [2.05, 4.69) is 39.0 Å². The molecule has 0 saturated heterocycles. The third kappa shape index (κ3) is 3.99. The van der Waals surface area contributed by atoms with Crippen LogP contribution in [0.3, 0.4) is 0 Å². The lowest BCUT2D eigenvalue weighted by Gasteiger charge is -2.15. The topological polar surface area (TPSA) is 35.2 Å². The van der Waals surface area contributed by atoms with Gasteiger partial charge in [0.25, 0.3) is 0 Å². The highest BCUT2D eigenvalue weighted by atomic mass is 35.5. The van der Waals surface area contributed by atoms with Gasteiger partial charge in [-0.1, -0.05) is 43.6 Å². The van der Waals surface area contributed by atoms with E-state index in [-0.39, 0.29) is 0 Å². The van der Waals surface area contributed by atoms with Crippen LogP contribution in [-0.2, 0) is 6.42 Å². The summed E-state index contributed by atoms with van der Waals surface area (Å²) >= 11 is 6.27. The SMILES string of the molecule is Cc1ccc(C(C)C)c(Oc2ccc(CCN)c(Cl)c2)c1. The first-order chi connectivity index (χ1) is 10.0. The van der Waals surface area contributed by atoms with Gasteiger partial charge in [0, 0.05) is 5.02 Å². The number of hydrogen-bond acceptors (Lipinski definition) is 2. The van der Waals surface area contributed by atoms with Gasteiger partial charge in [0.2, 0.25) is 0 Å². The van der Waals surface area contributed by atoms with E-state index in [0.29, 0.717) is 17.5 Å². The molecule has 0 radical (unpaired) electrons. The number of ether oxygens (including phenoxy) is 1. The fraction of sp³-hybridized carbons (Fsp3) is 0.333. The van der Waals surface area contributed by atoms with Gasteiger partial charge in [-0.15, -0.1) is 0 Å². The van der Waals surface area contributed by atoms with Gasteiger partial charge >= 0.3 is 0 Å². The third-order valence-corrected chi connectivity index (χ3v) is 3.81. The van der Waals surface area contributed by atoms with Gasteiger partial charge < -0.3 is 10.5 Å². The second-order valence-corrected chi connectivity index (χ2v) is 6.00. The monoisotopic (exact) mass is 303 g/mol. The Hall–Kier alpha value is -1.51. The largest absolute Gasteiger partial charge is 0.457 e. The summed E-state index contributed by atoms with van der Waals surface area (Å²) < 4.78 is 6.05. The number of rotatable bonds is 5. The molecule has 0 saturated carbocycles. The van der Waals surface area contributed by atoms with Crippen LogP contribution in [-0.4, -0.2) is 6.54 Å². The number of nitrogens with two attached hydrogens (primary N) is 1. The Morgan fingerprint density at radius 1 is 1.14 bits per heavy atom. The molecule has 0 aliphatic carbocycles. The summed E-state index contributed by atoms with van der Waals surface area (Å²) in [7, 11) is 0. The number of benzene rings is 2. The zero-order chi connectivity index (χ0) is 15.4. The zero-order valence-electron chi connectivity index (χ0n) is 12.8. The quantitative estimate of drug-likeness (QED) is 0.837. The predicted octanol–water partition coefficient (Wildman–Crippen LogP) is 5.07. The van der Waals surface area contributed by atoms with Crippen molar-refractivity contribution in [3.63, 3.8) is 0 Å². The summed E-state index contributed by atoms with van der Waals surface area (Å²) in [6.07, 6.45) is 0.779. The van der Waals surface area contributed by atoms with Crippen molar-refractivity contribution < 1.29 is 4.74 Å². The van der Waals surface area contributed by atoms with E-state index in [1.54, 1.807) is 0 Å². The molecule has 0 atom stereocenters. The minimum Gasteiger partial charge on any atom is -0.457 e. The first-order valence-corrected chi connectivity index (χ1v) is 7.66. The highest BCUT2D eigenvalue weighted by Gasteiger charge is 2.10. The van der Waals surface area contributed by atoms with Crippen molar-refractivity contribution in [3.05, 3.63) is 58.1 Å². The molecule has 0 spiro atoms. The van der Waals surface area contributed by atoms with E-state index < -0.39 is 0 Å². The molecular formula is C18H22ClNO. The molecule has 21 heavy (non-hydrogen) atoms. The van der Waals surface area contributed by atoms with Gasteiger partial charge in [-0.05, 0) is 60.7 Å². The molecule has 0 aliphatic rings. The zero-order valence-corrected chi connectivity index (χ0v) is 13.6. The van der Waals surface area contributed by atoms with Crippen LogP contribution in [0.15, 0.2) is 36.4 Å². The van der Waals surface area contributed by atoms with Crippen LogP contribution in [0.1, 0.15) is 36.5 Å². The molecule has 0 fully saturated rings. The van der Waals surface area contributed by atoms with Gasteiger partial charge in [0.15, 0.2) is 0 Å². The highest BCUT2D eigenvalue weighted by molar-refractivity contribution is 6.31. The van der Waals surface area contributed by atoms with Crippen LogP contribution in [0.4, 0.5) is 0 Å². The van der Waals surface area contributed by atoms with Crippen molar-refractivity contribution in [1.82, 2.24) is 0 Å². The van der Waals surface area contributed by atoms with E-state index in [1.807, 2.05) is 18.2 Å². The summed E-state index contributed by atoms with van der Waals surface area (Å²) in [6, 6.07) is 12.1. The second kappa shape index (κ2) is 6.97. The molecule has 0 heterocycles. The molecule has 0 unspecified atom stereocenters. The Morgan fingerprint density at radius 3 is 2.52 bits per heavy atom. The summed E-state index contributed by atoms with van der Waals surface area (Å²) in [5, 5.41) is 0.705. The van der Waals surface area contributed by atoms with Crippen LogP contribution < -0.4 is 10.5 Å². The normalized spacial score (nSPS) is 11.0. The van der Waals surface area contributed by atoms with Gasteiger partial charge in [0.1, 0.15) is 11.5 Å². The highest BCUT2D eigenvalue weighted by Crippen LogP contribution is 2.33. The predicted molar refractivity (Wildman–Crippen MR) is 89.6 cm³/mol. The summed E-state index contributed by atoms with van der Waals surface area (Å²) in [5.74, 6) is 2.06. The van der Waals surface area contributed by atoms with Gasteiger partial charge in [-0.2, -0.15) is 0 Å². The van der Waals surface area contributed by atoms with Crippen LogP contribution >= 0.6 is 11.6 Å². The lowest BCUT2D eigenvalue weighted by molar-refractivity contribution is 0.472. The van der Waals surface area contributed by atoms with Crippen LogP contribution in [0.5, 0.6) is 11.5 Å². The Balaban J connectivity index is 2.29. The average molecular weight is 304 g/mol. The molecule has 3 heteroatoms. The first-order valence-electron chi connectivity index (χ1n) is 7.28. The van der Waals surface area contributed by atoms with E-state index in [1.165, 1.54) is 11.1 Å². The molecule has 0 aromatic heterocycles. The van der Waals surface area contributed by atoms with Gasteiger partial charge in [0.05, 0.1) is 0 Å². The van der Waals surface area contributed by atoms with E-state index in [9.17, 15) is 0 Å². The third-order valence-electron chi connectivity index (χ3n) is 3.46. The maximum Gasteiger partial charge on any atom is 0.131 e. The smallest absolute Gasteiger partial charge is 0.131 e. The number of aryl methyl sites for hydroxylation is 1. The minimum atomic E-state index is 0.410. The maximum atomic E-state index is 6.27.